The molecule has 2 atom stereocenters. The zero-order valence-electron chi connectivity index (χ0n) is 12.2. The largest absolute Gasteiger partial charge is 0.573 e. The van der Waals surface area contributed by atoms with E-state index in [1.54, 1.807) is 13.8 Å². The topological polar surface area (TPSA) is 58.6 Å². The number of hydrogen-bond donors (Lipinski definition) is 2. The van der Waals surface area contributed by atoms with Crippen molar-refractivity contribution in [2.24, 2.45) is 5.92 Å². The number of para-hydroxylation sites is 1. The van der Waals surface area contributed by atoms with Gasteiger partial charge in [0.25, 0.3) is 0 Å². The predicted molar refractivity (Wildman–Crippen MR) is 76.0 cm³/mol. The summed E-state index contributed by atoms with van der Waals surface area (Å²) in [6, 6.07) is 5.26. The summed E-state index contributed by atoms with van der Waals surface area (Å²) in [5.41, 5.74) is 0.137. The van der Waals surface area contributed by atoms with Crippen LogP contribution in [0.15, 0.2) is 30.3 Å². The Bertz CT molecular complexity index is 529. The molecule has 0 aromatic heterocycles. The van der Waals surface area contributed by atoms with Gasteiger partial charge in [0.15, 0.2) is 0 Å². The minimum absolute atomic E-state index is 0.0760. The molecule has 2 N–H and O–H groups in total. The number of ether oxygens (including phenoxy) is 1. The molecule has 1 rings (SSSR count). The summed E-state index contributed by atoms with van der Waals surface area (Å²) in [4.78, 5) is 11.7. The van der Waals surface area contributed by atoms with Crippen molar-refractivity contribution in [1.29, 1.82) is 0 Å². The average Bonchev–Trinajstić information content (AvgIpc) is 2.43. The lowest BCUT2D eigenvalue weighted by molar-refractivity contribution is -0.274. The van der Waals surface area contributed by atoms with Gasteiger partial charge in [-0.15, -0.1) is 13.2 Å². The molecule has 0 radical (unpaired) electrons. The third kappa shape index (κ3) is 6.17. The van der Waals surface area contributed by atoms with Crippen LogP contribution < -0.4 is 10.1 Å². The van der Waals surface area contributed by atoms with Gasteiger partial charge in [-0.1, -0.05) is 25.1 Å². The minimum Gasteiger partial charge on any atom is -0.405 e. The van der Waals surface area contributed by atoms with Gasteiger partial charge in [0.05, 0.1) is 0 Å². The summed E-state index contributed by atoms with van der Waals surface area (Å²) in [7, 11) is 0. The molecule has 0 saturated heterocycles. The molecule has 122 valence electrons. The highest BCUT2D eigenvalue weighted by atomic mass is 19.4. The van der Waals surface area contributed by atoms with Crippen LogP contribution in [0.1, 0.15) is 19.4 Å². The number of aliphatic hydroxyl groups excluding tert-OH is 1. The first kappa shape index (κ1) is 18.0. The first-order valence-corrected chi connectivity index (χ1v) is 6.67. The van der Waals surface area contributed by atoms with E-state index in [1.165, 1.54) is 30.3 Å². The number of carbonyl (C=O) groups is 1. The fourth-order valence-corrected chi connectivity index (χ4v) is 1.57. The SMILES string of the molecule is CC(CO)C(C)NC(=O)/C=C/c1ccccc1OC(F)(F)F. The Morgan fingerprint density at radius 1 is 1.36 bits per heavy atom. The third-order valence-corrected chi connectivity index (χ3v) is 3.07. The number of nitrogens with one attached hydrogen (secondary N) is 1. The van der Waals surface area contributed by atoms with Crippen molar-refractivity contribution in [3.8, 4) is 5.75 Å². The Labute approximate surface area is 126 Å². The third-order valence-electron chi connectivity index (χ3n) is 3.07. The van der Waals surface area contributed by atoms with Crippen molar-refractivity contribution in [2.75, 3.05) is 6.61 Å². The van der Waals surface area contributed by atoms with Crippen LogP contribution in [0.25, 0.3) is 6.08 Å². The van der Waals surface area contributed by atoms with Crippen LogP contribution in [-0.2, 0) is 4.79 Å². The fraction of sp³-hybridized carbons (Fsp3) is 0.400. The molecule has 22 heavy (non-hydrogen) atoms. The maximum absolute atomic E-state index is 12.3. The molecule has 2 unspecified atom stereocenters. The molecule has 7 heteroatoms. The van der Waals surface area contributed by atoms with Gasteiger partial charge in [0.1, 0.15) is 5.75 Å². The smallest absolute Gasteiger partial charge is 0.405 e. The number of carbonyl (C=O) groups excluding carboxylic acids is 1. The van der Waals surface area contributed by atoms with Crippen molar-refractivity contribution >= 4 is 12.0 Å². The molecular weight excluding hydrogens is 299 g/mol. The molecule has 1 aromatic rings. The van der Waals surface area contributed by atoms with Gasteiger partial charge in [-0.2, -0.15) is 0 Å². The number of aliphatic hydroxyl groups is 1. The van der Waals surface area contributed by atoms with E-state index in [0.29, 0.717) is 0 Å². The van der Waals surface area contributed by atoms with Crippen molar-refractivity contribution in [1.82, 2.24) is 5.32 Å². The van der Waals surface area contributed by atoms with Gasteiger partial charge >= 0.3 is 6.36 Å². The van der Waals surface area contributed by atoms with E-state index in [2.05, 4.69) is 10.1 Å². The van der Waals surface area contributed by atoms with Crippen LogP contribution in [0.2, 0.25) is 0 Å². The average molecular weight is 317 g/mol. The van der Waals surface area contributed by atoms with Crippen molar-refractivity contribution in [3.63, 3.8) is 0 Å². The van der Waals surface area contributed by atoms with Gasteiger partial charge in [0, 0.05) is 24.3 Å². The summed E-state index contributed by atoms with van der Waals surface area (Å²) < 4.78 is 40.7. The van der Waals surface area contributed by atoms with Crippen LogP contribution in [0.3, 0.4) is 0 Å². The molecule has 1 amide bonds. The fourth-order valence-electron chi connectivity index (χ4n) is 1.57. The Hall–Kier alpha value is -2.02. The number of halogens is 3. The lowest BCUT2D eigenvalue weighted by atomic mass is 10.1. The van der Waals surface area contributed by atoms with Gasteiger partial charge in [-0.3, -0.25) is 4.79 Å². The van der Waals surface area contributed by atoms with Crippen LogP contribution in [0, 0.1) is 5.92 Å². The first-order valence-electron chi connectivity index (χ1n) is 6.67. The van der Waals surface area contributed by atoms with E-state index in [-0.39, 0.29) is 29.9 Å². The predicted octanol–water partition coefficient (Wildman–Crippen LogP) is 2.73. The summed E-state index contributed by atoms with van der Waals surface area (Å²) in [5.74, 6) is -0.969. The second kappa shape index (κ2) is 7.84. The molecule has 0 aliphatic rings. The van der Waals surface area contributed by atoms with Crippen molar-refractivity contribution in [2.45, 2.75) is 26.3 Å². The highest BCUT2D eigenvalue weighted by molar-refractivity contribution is 5.92. The molecule has 0 saturated carbocycles. The second-order valence-corrected chi connectivity index (χ2v) is 4.88. The number of rotatable bonds is 6. The Morgan fingerprint density at radius 3 is 2.59 bits per heavy atom. The Morgan fingerprint density at radius 2 is 2.00 bits per heavy atom. The molecule has 0 aliphatic heterocycles. The van der Waals surface area contributed by atoms with Crippen molar-refractivity contribution in [3.05, 3.63) is 35.9 Å². The Kier molecular flexibility index (Phi) is 6.42. The maximum atomic E-state index is 12.3. The van der Waals surface area contributed by atoms with Crippen molar-refractivity contribution < 1.29 is 27.8 Å². The maximum Gasteiger partial charge on any atom is 0.573 e. The van der Waals surface area contributed by atoms with E-state index < -0.39 is 12.3 Å². The molecule has 0 bridgehead atoms. The monoisotopic (exact) mass is 317 g/mol. The molecule has 1 aromatic carbocycles. The highest BCUT2D eigenvalue weighted by Gasteiger charge is 2.31. The number of alkyl halides is 3. The van der Waals surface area contributed by atoms with Gasteiger partial charge in [-0.25, -0.2) is 0 Å². The van der Waals surface area contributed by atoms with Gasteiger partial charge in [-0.05, 0) is 25.0 Å². The zero-order valence-corrected chi connectivity index (χ0v) is 12.2. The van der Waals surface area contributed by atoms with E-state index in [9.17, 15) is 18.0 Å². The zero-order chi connectivity index (χ0) is 16.8. The second-order valence-electron chi connectivity index (χ2n) is 4.88. The standard InChI is InChI=1S/C15H18F3NO3/c1-10(9-20)11(2)19-14(21)8-7-12-5-3-4-6-13(12)22-15(16,17)18/h3-8,10-11,20H,9H2,1-2H3,(H,19,21)/b8-7+. The van der Waals surface area contributed by atoms with Crippen LogP contribution in [0.5, 0.6) is 5.75 Å². The molecule has 0 fully saturated rings. The van der Waals surface area contributed by atoms with Crippen LogP contribution in [-0.4, -0.2) is 30.0 Å². The van der Waals surface area contributed by atoms with Gasteiger partial charge < -0.3 is 15.2 Å². The lowest BCUT2D eigenvalue weighted by Crippen LogP contribution is -2.37. The number of hydrogen-bond acceptors (Lipinski definition) is 3. The quantitative estimate of drug-likeness (QED) is 0.793. The minimum atomic E-state index is -4.79. The highest BCUT2D eigenvalue weighted by Crippen LogP contribution is 2.26. The summed E-state index contributed by atoms with van der Waals surface area (Å²) in [5, 5.41) is 11.6. The summed E-state index contributed by atoms with van der Waals surface area (Å²) in [6.07, 6.45) is -2.43. The lowest BCUT2D eigenvalue weighted by Gasteiger charge is -2.18. The van der Waals surface area contributed by atoms with Crippen LogP contribution in [0.4, 0.5) is 13.2 Å². The Balaban J connectivity index is 2.76. The molecule has 0 heterocycles. The molecular formula is C15H18F3NO3. The summed E-state index contributed by atoms with van der Waals surface area (Å²) in [6.45, 7) is 3.42. The molecule has 4 nitrogen and oxygen atoms in total. The van der Waals surface area contributed by atoms with Crippen LogP contribution >= 0.6 is 0 Å². The summed E-state index contributed by atoms with van der Waals surface area (Å²) >= 11 is 0. The number of benzene rings is 1. The van der Waals surface area contributed by atoms with E-state index in [4.69, 9.17) is 5.11 Å². The molecule has 0 aliphatic carbocycles. The number of amides is 1. The molecule has 0 spiro atoms. The van der Waals surface area contributed by atoms with E-state index in [1.807, 2.05) is 0 Å². The van der Waals surface area contributed by atoms with E-state index in [0.717, 1.165) is 6.08 Å². The van der Waals surface area contributed by atoms with Gasteiger partial charge in [0.2, 0.25) is 5.91 Å². The van der Waals surface area contributed by atoms with E-state index >= 15 is 0 Å². The first-order chi connectivity index (χ1) is 10.2. The normalized spacial score (nSPS) is 14.6.